The predicted molar refractivity (Wildman–Crippen MR) is 67.9 cm³/mol. The molecule has 1 rings (SSSR count). The van der Waals surface area contributed by atoms with Crippen LogP contribution in [0.25, 0.3) is 0 Å². The van der Waals surface area contributed by atoms with Gasteiger partial charge in [-0.15, -0.1) is 11.8 Å². The SMILES string of the molecule is C=CCOC(=O)c1ccccc1SC(C)C. The molecule has 2 nitrogen and oxygen atoms in total. The number of benzene rings is 1. The number of hydrogen-bond donors (Lipinski definition) is 0. The van der Waals surface area contributed by atoms with Crippen LogP contribution in [0.4, 0.5) is 0 Å². The van der Waals surface area contributed by atoms with Gasteiger partial charge < -0.3 is 4.74 Å². The lowest BCUT2D eigenvalue weighted by molar-refractivity contribution is 0.0545. The summed E-state index contributed by atoms with van der Waals surface area (Å²) < 4.78 is 5.03. The number of carbonyl (C=O) groups excluding carboxylic acids is 1. The van der Waals surface area contributed by atoms with Crippen molar-refractivity contribution in [1.82, 2.24) is 0 Å². The Hall–Kier alpha value is -1.22. The second kappa shape index (κ2) is 6.38. The van der Waals surface area contributed by atoms with E-state index in [2.05, 4.69) is 20.4 Å². The highest BCUT2D eigenvalue weighted by atomic mass is 32.2. The van der Waals surface area contributed by atoms with Crippen molar-refractivity contribution in [3.8, 4) is 0 Å². The maximum absolute atomic E-state index is 11.7. The number of ether oxygens (including phenoxy) is 1. The summed E-state index contributed by atoms with van der Waals surface area (Å²) in [6.07, 6.45) is 1.57. The van der Waals surface area contributed by atoms with Gasteiger partial charge in [-0.2, -0.15) is 0 Å². The lowest BCUT2D eigenvalue weighted by atomic mass is 10.2. The van der Waals surface area contributed by atoms with E-state index in [0.29, 0.717) is 10.8 Å². The zero-order chi connectivity index (χ0) is 12.0. The molecular formula is C13H16O2S. The van der Waals surface area contributed by atoms with Crippen molar-refractivity contribution in [2.45, 2.75) is 24.0 Å². The molecule has 0 saturated carbocycles. The second-order valence-electron chi connectivity index (χ2n) is 3.55. The van der Waals surface area contributed by atoms with E-state index in [9.17, 15) is 4.79 Å². The zero-order valence-electron chi connectivity index (χ0n) is 9.60. The number of hydrogen-bond acceptors (Lipinski definition) is 3. The van der Waals surface area contributed by atoms with Crippen LogP contribution in [0.2, 0.25) is 0 Å². The molecule has 0 amide bonds. The normalized spacial score (nSPS) is 10.2. The van der Waals surface area contributed by atoms with Crippen LogP contribution in [-0.2, 0) is 4.74 Å². The van der Waals surface area contributed by atoms with Crippen LogP contribution in [0.5, 0.6) is 0 Å². The molecule has 0 aliphatic heterocycles. The van der Waals surface area contributed by atoms with Crippen LogP contribution >= 0.6 is 11.8 Å². The van der Waals surface area contributed by atoms with Crippen molar-refractivity contribution < 1.29 is 9.53 Å². The van der Waals surface area contributed by atoms with Gasteiger partial charge in [-0.05, 0) is 12.1 Å². The maximum Gasteiger partial charge on any atom is 0.339 e. The van der Waals surface area contributed by atoms with Crippen molar-refractivity contribution >= 4 is 17.7 Å². The van der Waals surface area contributed by atoms with Crippen LogP contribution in [0, 0.1) is 0 Å². The summed E-state index contributed by atoms with van der Waals surface area (Å²) in [5.74, 6) is -0.288. The lowest BCUT2D eigenvalue weighted by Gasteiger charge is -2.09. The molecule has 0 aliphatic rings. The summed E-state index contributed by atoms with van der Waals surface area (Å²) in [7, 11) is 0. The molecule has 3 heteroatoms. The van der Waals surface area contributed by atoms with E-state index < -0.39 is 0 Å². The van der Waals surface area contributed by atoms with Gasteiger partial charge in [-0.1, -0.05) is 38.6 Å². The summed E-state index contributed by atoms with van der Waals surface area (Å²) in [6.45, 7) is 7.95. The lowest BCUT2D eigenvalue weighted by Crippen LogP contribution is -2.07. The van der Waals surface area contributed by atoms with Gasteiger partial charge in [0.25, 0.3) is 0 Å². The van der Waals surface area contributed by atoms with E-state index in [4.69, 9.17) is 4.74 Å². The number of carbonyl (C=O) groups is 1. The molecule has 0 spiro atoms. The summed E-state index contributed by atoms with van der Waals surface area (Å²) in [4.78, 5) is 12.7. The van der Waals surface area contributed by atoms with E-state index in [1.807, 2.05) is 18.2 Å². The molecule has 1 aromatic carbocycles. The third kappa shape index (κ3) is 3.74. The zero-order valence-corrected chi connectivity index (χ0v) is 10.4. The Morgan fingerprint density at radius 3 is 2.81 bits per heavy atom. The minimum atomic E-state index is -0.288. The van der Waals surface area contributed by atoms with Gasteiger partial charge >= 0.3 is 5.97 Å². The smallest absolute Gasteiger partial charge is 0.339 e. The molecule has 16 heavy (non-hydrogen) atoms. The molecule has 0 bridgehead atoms. The van der Waals surface area contributed by atoms with Crippen molar-refractivity contribution in [3.05, 3.63) is 42.5 Å². The molecule has 0 radical (unpaired) electrons. The maximum atomic E-state index is 11.7. The third-order valence-electron chi connectivity index (χ3n) is 1.80. The largest absolute Gasteiger partial charge is 0.458 e. The number of thioether (sulfide) groups is 1. The Bertz CT molecular complexity index is 372. The standard InChI is InChI=1S/C13H16O2S/c1-4-9-15-13(14)11-7-5-6-8-12(11)16-10(2)3/h4-8,10H,1,9H2,2-3H3. The minimum absolute atomic E-state index is 0.250. The van der Waals surface area contributed by atoms with Gasteiger partial charge in [-0.25, -0.2) is 4.79 Å². The van der Waals surface area contributed by atoms with E-state index in [-0.39, 0.29) is 12.6 Å². The fourth-order valence-electron chi connectivity index (χ4n) is 1.20. The van der Waals surface area contributed by atoms with Crippen LogP contribution in [0.15, 0.2) is 41.8 Å². The first-order valence-corrected chi connectivity index (χ1v) is 6.06. The second-order valence-corrected chi connectivity index (χ2v) is 5.17. The molecule has 0 N–H and O–H groups in total. The summed E-state index contributed by atoms with van der Waals surface area (Å²) in [5, 5.41) is 0.438. The van der Waals surface area contributed by atoms with E-state index >= 15 is 0 Å². The number of rotatable bonds is 5. The quantitative estimate of drug-likeness (QED) is 0.444. The number of esters is 1. The Morgan fingerprint density at radius 1 is 1.50 bits per heavy atom. The Balaban J connectivity index is 2.85. The highest BCUT2D eigenvalue weighted by molar-refractivity contribution is 8.00. The van der Waals surface area contributed by atoms with Crippen LogP contribution < -0.4 is 0 Å². The molecule has 0 aliphatic carbocycles. The predicted octanol–water partition coefficient (Wildman–Crippen LogP) is 3.53. The van der Waals surface area contributed by atoms with Gasteiger partial charge in [0.05, 0.1) is 5.56 Å². The Morgan fingerprint density at radius 2 is 2.19 bits per heavy atom. The van der Waals surface area contributed by atoms with Gasteiger partial charge in [0.1, 0.15) is 6.61 Å². The topological polar surface area (TPSA) is 26.3 Å². The van der Waals surface area contributed by atoms with E-state index in [0.717, 1.165) is 4.90 Å². The molecule has 0 aromatic heterocycles. The summed E-state index contributed by atoms with van der Waals surface area (Å²) in [6, 6.07) is 7.50. The molecule has 0 unspecified atom stereocenters. The molecule has 86 valence electrons. The van der Waals surface area contributed by atoms with Crippen LogP contribution in [0.3, 0.4) is 0 Å². The molecule has 1 aromatic rings. The molecule has 0 heterocycles. The first kappa shape index (κ1) is 12.8. The minimum Gasteiger partial charge on any atom is -0.458 e. The fraction of sp³-hybridized carbons (Fsp3) is 0.308. The molecule has 0 saturated heterocycles. The van der Waals surface area contributed by atoms with E-state index in [1.54, 1.807) is 23.9 Å². The third-order valence-corrected chi connectivity index (χ3v) is 2.88. The van der Waals surface area contributed by atoms with E-state index in [1.165, 1.54) is 0 Å². The summed E-state index contributed by atoms with van der Waals surface area (Å²) in [5.41, 5.74) is 0.628. The van der Waals surface area contributed by atoms with Crippen molar-refractivity contribution in [1.29, 1.82) is 0 Å². The highest BCUT2D eigenvalue weighted by Gasteiger charge is 2.12. The Labute approximate surface area is 101 Å². The monoisotopic (exact) mass is 236 g/mol. The van der Waals surface area contributed by atoms with Crippen LogP contribution in [0.1, 0.15) is 24.2 Å². The first-order chi connectivity index (χ1) is 7.65. The summed E-state index contributed by atoms with van der Waals surface area (Å²) >= 11 is 1.66. The van der Waals surface area contributed by atoms with Crippen molar-refractivity contribution in [2.24, 2.45) is 0 Å². The Kier molecular flexibility index (Phi) is 5.12. The molecular weight excluding hydrogens is 220 g/mol. The highest BCUT2D eigenvalue weighted by Crippen LogP contribution is 2.26. The van der Waals surface area contributed by atoms with Gasteiger partial charge in [0.2, 0.25) is 0 Å². The van der Waals surface area contributed by atoms with Gasteiger partial charge in [0, 0.05) is 10.1 Å². The van der Waals surface area contributed by atoms with Gasteiger partial charge in [0.15, 0.2) is 0 Å². The van der Waals surface area contributed by atoms with Crippen molar-refractivity contribution in [3.63, 3.8) is 0 Å². The first-order valence-electron chi connectivity index (χ1n) is 5.19. The van der Waals surface area contributed by atoms with Gasteiger partial charge in [-0.3, -0.25) is 0 Å². The fourth-order valence-corrected chi connectivity index (χ4v) is 2.15. The average Bonchev–Trinajstić information content (AvgIpc) is 2.26. The molecule has 0 fully saturated rings. The average molecular weight is 236 g/mol. The van der Waals surface area contributed by atoms with Crippen LogP contribution in [-0.4, -0.2) is 17.8 Å². The molecule has 0 atom stereocenters. The van der Waals surface area contributed by atoms with Crippen molar-refractivity contribution in [2.75, 3.05) is 6.61 Å².